The maximum atomic E-state index is 12.5. The van der Waals surface area contributed by atoms with E-state index >= 15 is 0 Å². The Balaban J connectivity index is 1.95. The molecule has 0 heterocycles. The number of carbonyl (C=O) groups excluding carboxylic acids is 2. The number of para-hydroxylation sites is 1. The van der Waals surface area contributed by atoms with Crippen molar-refractivity contribution < 1.29 is 23.8 Å². The van der Waals surface area contributed by atoms with Crippen LogP contribution in [0, 0.1) is 0 Å². The van der Waals surface area contributed by atoms with Gasteiger partial charge in [-0.25, -0.2) is 4.79 Å². The summed E-state index contributed by atoms with van der Waals surface area (Å²) >= 11 is 5.19. The highest BCUT2D eigenvalue weighted by Gasteiger charge is 2.14. The van der Waals surface area contributed by atoms with Crippen LogP contribution in [0.5, 0.6) is 5.75 Å². The van der Waals surface area contributed by atoms with E-state index in [1.807, 2.05) is 6.92 Å². The van der Waals surface area contributed by atoms with E-state index in [1.165, 1.54) is 7.11 Å². The summed E-state index contributed by atoms with van der Waals surface area (Å²) in [6.07, 6.45) is 0. The number of rotatable bonds is 8. The largest absolute Gasteiger partial charge is 0.490 e. The Bertz CT molecular complexity index is 824. The summed E-state index contributed by atoms with van der Waals surface area (Å²) in [6.45, 7) is 3.28. The van der Waals surface area contributed by atoms with E-state index in [0.717, 1.165) is 0 Å². The van der Waals surface area contributed by atoms with Gasteiger partial charge in [0.25, 0.3) is 5.91 Å². The molecule has 0 fully saturated rings. The fourth-order valence-corrected chi connectivity index (χ4v) is 2.49. The van der Waals surface area contributed by atoms with E-state index in [2.05, 4.69) is 15.4 Å². The van der Waals surface area contributed by atoms with E-state index in [0.29, 0.717) is 42.4 Å². The van der Waals surface area contributed by atoms with Crippen LogP contribution in [0.15, 0.2) is 48.5 Å². The second-order valence-corrected chi connectivity index (χ2v) is 5.93. The Hall–Kier alpha value is -2.97. The molecule has 0 aliphatic carbocycles. The molecule has 0 bridgehead atoms. The lowest BCUT2D eigenvalue weighted by Crippen LogP contribution is -2.34. The van der Waals surface area contributed by atoms with Crippen molar-refractivity contribution in [2.45, 2.75) is 6.92 Å². The van der Waals surface area contributed by atoms with Gasteiger partial charge < -0.3 is 19.5 Å². The van der Waals surface area contributed by atoms with Crippen molar-refractivity contribution in [3.8, 4) is 5.75 Å². The van der Waals surface area contributed by atoms with Gasteiger partial charge in [-0.3, -0.25) is 10.1 Å². The molecular formula is C20H22N2O5S. The van der Waals surface area contributed by atoms with Gasteiger partial charge in [-0.05, 0) is 55.5 Å². The van der Waals surface area contributed by atoms with Gasteiger partial charge in [-0.2, -0.15) is 0 Å². The van der Waals surface area contributed by atoms with E-state index in [9.17, 15) is 9.59 Å². The highest BCUT2D eigenvalue weighted by Crippen LogP contribution is 2.18. The minimum absolute atomic E-state index is 0.125. The number of anilines is 1. The first-order valence-corrected chi connectivity index (χ1v) is 9.06. The first-order valence-electron chi connectivity index (χ1n) is 8.65. The molecule has 1 amide bonds. The zero-order chi connectivity index (χ0) is 20.4. The predicted octanol–water partition coefficient (Wildman–Crippen LogP) is 3.02. The number of benzene rings is 2. The van der Waals surface area contributed by atoms with Crippen LogP contribution >= 0.6 is 12.2 Å². The van der Waals surface area contributed by atoms with Crippen molar-refractivity contribution in [3.63, 3.8) is 0 Å². The Morgan fingerprint density at radius 2 is 1.75 bits per heavy atom. The molecule has 2 aromatic carbocycles. The number of hydrogen-bond acceptors (Lipinski definition) is 6. The molecule has 0 unspecified atom stereocenters. The lowest BCUT2D eigenvalue weighted by molar-refractivity contribution is 0.0600. The maximum Gasteiger partial charge on any atom is 0.337 e. The first-order chi connectivity index (χ1) is 13.5. The van der Waals surface area contributed by atoms with Crippen molar-refractivity contribution in [3.05, 3.63) is 59.7 Å². The van der Waals surface area contributed by atoms with Gasteiger partial charge in [0.1, 0.15) is 12.4 Å². The minimum atomic E-state index is -0.427. The molecule has 7 nitrogen and oxygen atoms in total. The smallest absolute Gasteiger partial charge is 0.337 e. The Kier molecular flexibility index (Phi) is 8.38. The van der Waals surface area contributed by atoms with Crippen molar-refractivity contribution in [1.29, 1.82) is 0 Å². The van der Waals surface area contributed by atoms with Gasteiger partial charge >= 0.3 is 5.97 Å². The highest BCUT2D eigenvalue weighted by molar-refractivity contribution is 7.80. The zero-order valence-electron chi connectivity index (χ0n) is 15.7. The molecule has 0 aromatic heterocycles. The van der Waals surface area contributed by atoms with E-state index in [-0.39, 0.29) is 5.11 Å². The van der Waals surface area contributed by atoms with Crippen LogP contribution < -0.4 is 15.4 Å². The number of amides is 1. The van der Waals surface area contributed by atoms with Crippen LogP contribution in [0.25, 0.3) is 0 Å². The number of nitrogens with one attached hydrogen (secondary N) is 2. The van der Waals surface area contributed by atoms with Gasteiger partial charge in [-0.15, -0.1) is 0 Å². The third-order valence-electron chi connectivity index (χ3n) is 3.61. The Labute approximate surface area is 169 Å². The molecule has 2 rings (SSSR count). The van der Waals surface area contributed by atoms with Gasteiger partial charge in [-0.1, -0.05) is 12.1 Å². The van der Waals surface area contributed by atoms with Crippen LogP contribution in [0.2, 0.25) is 0 Å². The van der Waals surface area contributed by atoms with Crippen LogP contribution in [-0.4, -0.2) is 43.9 Å². The van der Waals surface area contributed by atoms with E-state index in [4.69, 9.17) is 21.7 Å². The third-order valence-corrected chi connectivity index (χ3v) is 3.82. The molecule has 0 aliphatic heterocycles. The molecule has 0 atom stereocenters. The number of methoxy groups -OCH3 is 1. The quantitative estimate of drug-likeness (QED) is 0.399. The molecule has 2 N–H and O–H groups in total. The number of ether oxygens (including phenoxy) is 3. The molecule has 0 aliphatic rings. The summed E-state index contributed by atoms with van der Waals surface area (Å²) in [5.74, 6) is -0.371. The molecule has 2 aromatic rings. The standard InChI is InChI=1S/C20H22N2O5S/c1-3-26-12-13-27-17-7-5-4-6-16(17)18(23)22-20(28)21-15-10-8-14(9-11-15)19(24)25-2/h4-11H,3,12-13H2,1-2H3,(H2,21,22,23,28). The van der Waals surface area contributed by atoms with Crippen LogP contribution in [0.3, 0.4) is 0 Å². The SMILES string of the molecule is CCOCCOc1ccccc1C(=O)NC(=S)Nc1ccc(C(=O)OC)cc1. The number of carbonyl (C=O) groups is 2. The average molecular weight is 402 g/mol. The van der Waals surface area contributed by atoms with Gasteiger partial charge in [0.2, 0.25) is 0 Å². The number of esters is 1. The number of thiocarbonyl (C=S) groups is 1. The van der Waals surface area contributed by atoms with Crippen LogP contribution in [0.1, 0.15) is 27.6 Å². The topological polar surface area (TPSA) is 85.9 Å². The highest BCUT2D eigenvalue weighted by atomic mass is 32.1. The van der Waals surface area contributed by atoms with Crippen LogP contribution in [-0.2, 0) is 9.47 Å². The van der Waals surface area contributed by atoms with E-state index in [1.54, 1.807) is 48.5 Å². The molecular weight excluding hydrogens is 380 g/mol. The summed E-state index contributed by atoms with van der Waals surface area (Å²) in [5, 5.41) is 5.63. The lowest BCUT2D eigenvalue weighted by atomic mass is 10.2. The predicted molar refractivity (Wildman–Crippen MR) is 110 cm³/mol. The summed E-state index contributed by atoms with van der Waals surface area (Å²) < 4.78 is 15.5. The third kappa shape index (κ3) is 6.33. The zero-order valence-corrected chi connectivity index (χ0v) is 16.5. The van der Waals surface area contributed by atoms with Gasteiger partial charge in [0.15, 0.2) is 5.11 Å². The van der Waals surface area contributed by atoms with Crippen LogP contribution in [0.4, 0.5) is 5.69 Å². The van der Waals surface area contributed by atoms with Gasteiger partial charge in [0, 0.05) is 12.3 Å². The monoisotopic (exact) mass is 402 g/mol. The normalized spacial score (nSPS) is 10.1. The van der Waals surface area contributed by atoms with Gasteiger partial charge in [0.05, 0.1) is 24.8 Å². The molecule has 148 valence electrons. The molecule has 0 radical (unpaired) electrons. The van der Waals surface area contributed by atoms with Crippen molar-refractivity contribution in [2.24, 2.45) is 0 Å². The first kappa shape index (κ1) is 21.3. The molecule has 0 saturated carbocycles. The Morgan fingerprint density at radius 3 is 2.43 bits per heavy atom. The van der Waals surface area contributed by atoms with Crippen molar-refractivity contribution >= 4 is 34.9 Å². The summed E-state index contributed by atoms with van der Waals surface area (Å²) in [7, 11) is 1.32. The minimum Gasteiger partial charge on any atom is -0.490 e. The maximum absolute atomic E-state index is 12.5. The average Bonchev–Trinajstić information content (AvgIpc) is 2.71. The summed E-state index contributed by atoms with van der Waals surface area (Å²) in [4.78, 5) is 24.0. The molecule has 8 heteroatoms. The lowest BCUT2D eigenvalue weighted by Gasteiger charge is -2.13. The van der Waals surface area contributed by atoms with E-state index < -0.39 is 11.9 Å². The summed E-state index contributed by atoms with van der Waals surface area (Å²) in [6, 6.07) is 13.4. The fraction of sp³-hybridized carbons (Fsp3) is 0.250. The van der Waals surface area contributed by atoms with Crippen molar-refractivity contribution in [2.75, 3.05) is 32.2 Å². The molecule has 0 saturated heterocycles. The second-order valence-electron chi connectivity index (χ2n) is 5.52. The fourth-order valence-electron chi connectivity index (χ4n) is 2.28. The second kappa shape index (κ2) is 11.0. The molecule has 28 heavy (non-hydrogen) atoms. The number of hydrogen-bond donors (Lipinski definition) is 2. The van der Waals surface area contributed by atoms with Crippen molar-refractivity contribution in [1.82, 2.24) is 5.32 Å². The summed E-state index contributed by atoms with van der Waals surface area (Å²) in [5.41, 5.74) is 1.41. The molecule has 0 spiro atoms. The Morgan fingerprint density at radius 1 is 1.04 bits per heavy atom.